The molecule has 10 heteroatoms. The molecule has 0 aliphatic rings. The van der Waals surface area contributed by atoms with Crippen LogP contribution in [-0.4, -0.2) is 81.5 Å². The van der Waals surface area contributed by atoms with E-state index in [1.807, 2.05) is 23.6 Å². The van der Waals surface area contributed by atoms with Gasteiger partial charge in [0.15, 0.2) is 23.9 Å². The van der Waals surface area contributed by atoms with Crippen LogP contribution in [0.25, 0.3) is 16.5 Å². The zero-order valence-electron chi connectivity index (χ0n) is 19.1. The van der Waals surface area contributed by atoms with Crippen molar-refractivity contribution < 1.29 is 38.4 Å². The van der Waals surface area contributed by atoms with Gasteiger partial charge in [-0.1, -0.05) is 6.07 Å². The molecule has 2 aromatic carbocycles. The number of methoxy groups -OCH3 is 4. The molecule has 1 N–H and O–H groups in total. The molecule has 0 saturated carbocycles. The van der Waals surface area contributed by atoms with Gasteiger partial charge in [-0.2, -0.15) is 0 Å². The van der Waals surface area contributed by atoms with Crippen LogP contribution in [0.5, 0.6) is 28.7 Å². The molecule has 0 aliphatic carbocycles. The van der Waals surface area contributed by atoms with E-state index in [9.17, 15) is 9.59 Å². The summed E-state index contributed by atoms with van der Waals surface area (Å²) in [7, 11) is 5.92. The molecular weight excluding hydrogens is 483 g/mol. The minimum atomic E-state index is -1.15. The quantitative estimate of drug-likeness (QED) is 0.234. The summed E-state index contributed by atoms with van der Waals surface area (Å²) in [5, 5.41) is 10.9. The summed E-state index contributed by atoms with van der Waals surface area (Å²) in [6.07, 6.45) is 3.07. The van der Waals surface area contributed by atoms with Gasteiger partial charge in [0, 0.05) is 27.6 Å². The molecule has 180 valence electrons. The van der Waals surface area contributed by atoms with Crippen molar-refractivity contribution in [3.63, 3.8) is 0 Å². The number of allylic oxidation sites excluding steroid dienone is 1. The van der Waals surface area contributed by atoms with E-state index in [1.165, 1.54) is 32.4 Å². The topological polar surface area (TPSA) is 101 Å². The fraction of sp³-hybridized carbons (Fsp3) is 0.200. The van der Waals surface area contributed by atoms with Crippen molar-refractivity contribution in [2.75, 3.05) is 35.0 Å². The van der Waals surface area contributed by atoms with Gasteiger partial charge in [-0.3, -0.25) is 4.79 Å². The van der Waals surface area contributed by atoms with E-state index in [0.29, 0.717) is 17.1 Å². The van der Waals surface area contributed by atoms with E-state index in [4.69, 9.17) is 28.8 Å². The van der Waals surface area contributed by atoms with Crippen LogP contribution in [0.2, 0.25) is 0 Å². The average Bonchev–Trinajstić information content (AvgIpc) is 3.39. The third-order valence-electron chi connectivity index (χ3n) is 4.84. The molecule has 0 atom stereocenters. The number of ketones is 1. The molecule has 8 nitrogen and oxygen atoms in total. The second kappa shape index (κ2) is 13.2. The minimum absolute atomic E-state index is 0. The summed E-state index contributed by atoms with van der Waals surface area (Å²) in [5.41, 5.74) is 1.85. The van der Waals surface area contributed by atoms with Crippen molar-refractivity contribution in [1.82, 2.24) is 0 Å². The number of carboxylic acid groups (broad SMARTS) is 1. The summed E-state index contributed by atoms with van der Waals surface area (Å²) in [6.45, 7) is -0.580. The van der Waals surface area contributed by atoms with Crippen LogP contribution >= 0.6 is 11.3 Å². The number of carbonyl (C=O) groups excluding carboxylic acids is 1. The van der Waals surface area contributed by atoms with Crippen molar-refractivity contribution in [2.45, 2.75) is 0 Å². The Morgan fingerprint density at radius 3 is 2.06 bits per heavy atom. The fourth-order valence-electron chi connectivity index (χ4n) is 3.24. The molecule has 1 heterocycles. The number of hydrogen-bond donors (Lipinski definition) is 1. The number of carbonyl (C=O) groups is 2. The Kier molecular flexibility index (Phi) is 10.7. The Bertz CT molecular complexity index is 1180. The van der Waals surface area contributed by atoms with E-state index in [0.717, 1.165) is 10.4 Å². The van der Waals surface area contributed by atoms with Gasteiger partial charge in [0.05, 0.1) is 28.4 Å². The number of aliphatic carboxylic acids is 1. The van der Waals surface area contributed by atoms with Gasteiger partial charge in [0.25, 0.3) is 0 Å². The number of rotatable bonds is 11. The van der Waals surface area contributed by atoms with E-state index in [-0.39, 0.29) is 58.2 Å². The Morgan fingerprint density at radius 2 is 1.54 bits per heavy atom. The third-order valence-corrected chi connectivity index (χ3v) is 5.74. The molecule has 0 fully saturated rings. The molecule has 3 aromatic rings. The zero-order valence-corrected chi connectivity index (χ0v) is 19.9. The molecule has 3 rings (SSSR count). The first kappa shape index (κ1) is 28.3. The van der Waals surface area contributed by atoms with Gasteiger partial charge in [0.2, 0.25) is 5.75 Å². The molecule has 0 unspecified atom stereocenters. The van der Waals surface area contributed by atoms with E-state index >= 15 is 0 Å². The van der Waals surface area contributed by atoms with Gasteiger partial charge >= 0.3 is 35.5 Å². The molecule has 35 heavy (non-hydrogen) atoms. The first-order valence-corrected chi connectivity index (χ1v) is 10.9. The Hall–Kier alpha value is -2.98. The third kappa shape index (κ3) is 6.79. The average molecular weight is 509 g/mol. The second-order valence-electron chi connectivity index (χ2n) is 6.86. The molecule has 0 saturated heterocycles. The predicted octanol–water partition coefficient (Wildman–Crippen LogP) is 4.16. The number of thiophene rings is 1. The standard InChI is InChI=1S/C25H24O8S.Na.H/c1-29-19-13-20(30-2)17(23-6-5-9-34-23)10-15(19)7-8-18(26)16-11-21(31-3)25(22(12-16)32-4)33-14-24(27)28;;/h5-13H,14H2,1-4H3,(H,27,28);;/b8-7+;;. The van der Waals surface area contributed by atoms with Gasteiger partial charge in [-0.05, 0) is 41.8 Å². The SMILES string of the molecule is COc1cc(OC)c(-c2cccs2)cc1/C=C/C(=O)c1cc(OC)c(OCC(=O)O)c(OC)c1.[NaH]. The normalized spacial score (nSPS) is 10.4. The second-order valence-corrected chi connectivity index (χ2v) is 7.81. The molecule has 0 amide bonds. The van der Waals surface area contributed by atoms with Gasteiger partial charge in [0.1, 0.15) is 11.5 Å². The Morgan fingerprint density at radius 1 is 0.914 bits per heavy atom. The number of hydrogen-bond acceptors (Lipinski definition) is 8. The van der Waals surface area contributed by atoms with Crippen LogP contribution in [0.15, 0.2) is 47.9 Å². The zero-order chi connectivity index (χ0) is 24.7. The van der Waals surface area contributed by atoms with Crippen molar-refractivity contribution in [1.29, 1.82) is 0 Å². The first-order chi connectivity index (χ1) is 16.4. The monoisotopic (exact) mass is 508 g/mol. The predicted molar refractivity (Wildman–Crippen MR) is 136 cm³/mol. The maximum atomic E-state index is 13.0. The van der Waals surface area contributed by atoms with Crippen LogP contribution < -0.4 is 23.7 Å². The summed E-state index contributed by atoms with van der Waals surface area (Å²) < 4.78 is 26.8. The first-order valence-electron chi connectivity index (χ1n) is 10.0. The van der Waals surface area contributed by atoms with E-state index in [2.05, 4.69) is 0 Å². The van der Waals surface area contributed by atoms with Gasteiger partial charge < -0.3 is 28.8 Å². The van der Waals surface area contributed by atoms with Crippen molar-refractivity contribution in [3.8, 4) is 39.2 Å². The summed E-state index contributed by atoms with van der Waals surface area (Å²) in [4.78, 5) is 24.9. The van der Waals surface area contributed by atoms with E-state index < -0.39 is 12.6 Å². The van der Waals surface area contributed by atoms with Crippen molar-refractivity contribution in [3.05, 3.63) is 59.0 Å². The van der Waals surface area contributed by atoms with Crippen molar-refractivity contribution >= 4 is 58.7 Å². The molecular formula is C25H25NaO8S. The molecule has 0 bridgehead atoms. The summed E-state index contributed by atoms with van der Waals surface area (Å²) in [6, 6.07) is 10.5. The summed E-state index contributed by atoms with van der Waals surface area (Å²) in [5.74, 6) is 0.200. The number of benzene rings is 2. The van der Waals surface area contributed by atoms with Gasteiger partial charge in [-0.25, -0.2) is 4.79 Å². The molecule has 0 aliphatic heterocycles. The van der Waals surface area contributed by atoms with Crippen LogP contribution in [0.1, 0.15) is 15.9 Å². The Balaban J connectivity index is 0.00000432. The molecule has 0 spiro atoms. The maximum absolute atomic E-state index is 13.0. The Labute approximate surface area is 229 Å². The van der Waals surface area contributed by atoms with Crippen molar-refractivity contribution in [2.24, 2.45) is 0 Å². The van der Waals surface area contributed by atoms with Crippen LogP contribution in [0.4, 0.5) is 0 Å². The number of ether oxygens (including phenoxy) is 5. The molecule has 0 radical (unpaired) electrons. The van der Waals surface area contributed by atoms with Gasteiger partial charge in [-0.15, -0.1) is 11.3 Å². The van der Waals surface area contributed by atoms with Crippen LogP contribution in [0, 0.1) is 0 Å². The fourth-order valence-corrected chi connectivity index (χ4v) is 3.99. The van der Waals surface area contributed by atoms with E-state index in [1.54, 1.807) is 37.7 Å². The van der Waals surface area contributed by atoms with Crippen LogP contribution in [-0.2, 0) is 4.79 Å². The number of carboxylic acids is 1. The van der Waals surface area contributed by atoms with Crippen LogP contribution in [0.3, 0.4) is 0 Å². The molecule has 1 aromatic heterocycles. The summed E-state index contributed by atoms with van der Waals surface area (Å²) >= 11 is 1.58.